The number of aliphatic imine (C=N–C) groups is 1. The molecule has 1 aliphatic heterocycles. The van der Waals surface area contributed by atoms with Crippen LogP contribution in [0.15, 0.2) is 35.5 Å². The van der Waals surface area contributed by atoms with Crippen molar-refractivity contribution in [2.45, 2.75) is 50.7 Å². The molecule has 6 atom stereocenters. The van der Waals surface area contributed by atoms with E-state index in [0.29, 0.717) is 16.5 Å². The number of nitrogens with two attached hydrogens (primary N) is 1. The third-order valence-corrected chi connectivity index (χ3v) is 7.02. The van der Waals surface area contributed by atoms with Gasteiger partial charge < -0.3 is 39.5 Å². The number of aliphatic hydroxyl groups excluding tert-OH is 1. The monoisotopic (exact) mass is 556 g/mol. The van der Waals surface area contributed by atoms with Crippen molar-refractivity contribution in [2.75, 3.05) is 13.2 Å². The average molecular weight is 557 g/mol. The SMILES string of the molecule is CCOC(=O)[C@H](C)NP(OC[C@H]1O[C@@H](c2cnc(/C(N)=N\C=N)[nH]2)[C@](C)(O)C1O)Oc1ccc(Cl)cc1. The van der Waals surface area contributed by atoms with Crippen molar-refractivity contribution < 1.29 is 33.5 Å². The number of ether oxygens (including phenoxy) is 2. The second kappa shape index (κ2) is 12.7. The fraction of sp³-hybridized carbons (Fsp3) is 0.455. The average Bonchev–Trinajstić information content (AvgIpc) is 3.42. The van der Waals surface area contributed by atoms with Gasteiger partial charge in [-0.25, -0.2) is 15.1 Å². The van der Waals surface area contributed by atoms with E-state index in [1.54, 1.807) is 38.1 Å². The molecule has 13 nitrogen and oxygen atoms in total. The lowest BCUT2D eigenvalue weighted by Crippen LogP contribution is -2.43. The molecule has 0 aliphatic carbocycles. The van der Waals surface area contributed by atoms with E-state index >= 15 is 0 Å². The standard InChI is InChI=1S/C22H30ClN6O7P/c1-4-33-21(31)12(2)29-37(36-14-7-5-13(23)6-8-14)34-10-16-17(30)22(3,32)18(35-16)15-9-26-20(28-15)19(25)27-11-24/h5-9,11-12,16-18,29-30,32H,4,10H2,1-3H3,(H,26,28)(H3,24,25,27)/t12-,16+,17?,18-,22+,37?/m0/s1. The van der Waals surface area contributed by atoms with Gasteiger partial charge in [-0.2, -0.15) is 0 Å². The van der Waals surface area contributed by atoms with Crippen molar-refractivity contribution in [3.8, 4) is 5.75 Å². The number of halogens is 1. The van der Waals surface area contributed by atoms with E-state index in [1.807, 2.05) is 0 Å². The summed E-state index contributed by atoms with van der Waals surface area (Å²) in [4.78, 5) is 22.7. The summed E-state index contributed by atoms with van der Waals surface area (Å²) in [7, 11) is -1.91. The molecule has 0 amide bonds. The Morgan fingerprint density at radius 3 is 2.84 bits per heavy atom. The van der Waals surface area contributed by atoms with E-state index in [1.165, 1.54) is 13.1 Å². The van der Waals surface area contributed by atoms with Gasteiger partial charge in [0.1, 0.15) is 42.0 Å². The quantitative estimate of drug-likeness (QED) is 0.0969. The first-order valence-electron chi connectivity index (χ1n) is 11.3. The van der Waals surface area contributed by atoms with Crippen LogP contribution in [0.2, 0.25) is 5.02 Å². The van der Waals surface area contributed by atoms with Crippen LogP contribution in [0.3, 0.4) is 0 Å². The molecule has 202 valence electrons. The molecule has 0 bridgehead atoms. The minimum absolute atomic E-state index is 0.0221. The molecule has 15 heteroatoms. The van der Waals surface area contributed by atoms with Gasteiger partial charge in [0, 0.05) is 5.02 Å². The van der Waals surface area contributed by atoms with E-state index in [4.69, 9.17) is 41.3 Å². The van der Waals surface area contributed by atoms with Crippen molar-refractivity contribution in [3.05, 3.63) is 47.0 Å². The van der Waals surface area contributed by atoms with E-state index in [9.17, 15) is 15.0 Å². The van der Waals surface area contributed by atoms with Crippen LogP contribution in [0.4, 0.5) is 0 Å². The summed E-state index contributed by atoms with van der Waals surface area (Å²) in [5, 5.41) is 32.3. The number of H-pyrrole nitrogens is 1. The van der Waals surface area contributed by atoms with Gasteiger partial charge in [0.2, 0.25) is 0 Å². The smallest absolute Gasteiger partial charge is 0.323 e. The number of carbonyl (C=O) groups is 1. The Bertz CT molecular complexity index is 1100. The number of hydrogen-bond acceptors (Lipinski definition) is 10. The Balaban J connectivity index is 1.72. The minimum Gasteiger partial charge on any atom is -0.465 e. The van der Waals surface area contributed by atoms with Crippen LogP contribution in [-0.2, 0) is 18.8 Å². The third-order valence-electron chi connectivity index (χ3n) is 5.41. The zero-order valence-corrected chi connectivity index (χ0v) is 22.1. The molecule has 1 fully saturated rings. The molecule has 2 unspecified atom stereocenters. The predicted molar refractivity (Wildman–Crippen MR) is 137 cm³/mol. The lowest BCUT2D eigenvalue weighted by atomic mass is 9.91. The van der Waals surface area contributed by atoms with Gasteiger partial charge in [0.05, 0.1) is 25.1 Å². The van der Waals surface area contributed by atoms with E-state index < -0.39 is 44.5 Å². The number of aromatic nitrogens is 2. The molecule has 0 saturated carbocycles. The first kappa shape index (κ1) is 28.9. The summed E-state index contributed by atoms with van der Waals surface area (Å²) < 4.78 is 22.7. The highest BCUT2D eigenvalue weighted by Crippen LogP contribution is 2.43. The Labute approximate surface area is 219 Å². The molecule has 1 aromatic carbocycles. The van der Waals surface area contributed by atoms with Crippen LogP contribution in [-0.4, -0.2) is 75.4 Å². The lowest BCUT2D eigenvalue weighted by molar-refractivity contribution is -0.144. The summed E-state index contributed by atoms with van der Waals surface area (Å²) in [6.45, 7) is 4.76. The summed E-state index contributed by atoms with van der Waals surface area (Å²) >= 11 is 5.94. The topological polar surface area (TPSA) is 197 Å². The molecular formula is C22H30ClN6O7P. The van der Waals surface area contributed by atoms with Gasteiger partial charge in [0.25, 0.3) is 0 Å². The molecule has 37 heavy (non-hydrogen) atoms. The van der Waals surface area contributed by atoms with Gasteiger partial charge in [-0.1, -0.05) is 11.6 Å². The lowest BCUT2D eigenvalue weighted by Gasteiger charge is -2.26. The van der Waals surface area contributed by atoms with Crippen LogP contribution < -0.4 is 15.3 Å². The molecule has 3 rings (SSSR count). The number of benzene rings is 1. The number of rotatable bonds is 12. The summed E-state index contributed by atoms with van der Waals surface area (Å²) in [5.41, 5.74) is 4.38. The molecule has 1 saturated heterocycles. The van der Waals surface area contributed by atoms with Crippen molar-refractivity contribution >= 4 is 38.3 Å². The van der Waals surface area contributed by atoms with Gasteiger partial charge in [-0.05, 0) is 45.0 Å². The molecule has 2 heterocycles. The van der Waals surface area contributed by atoms with E-state index in [0.717, 1.165) is 6.34 Å². The number of esters is 1. The van der Waals surface area contributed by atoms with E-state index in [-0.39, 0.29) is 24.9 Å². The maximum atomic E-state index is 12.1. The highest BCUT2D eigenvalue weighted by atomic mass is 35.5. The van der Waals surface area contributed by atoms with Crippen molar-refractivity contribution in [3.63, 3.8) is 0 Å². The zero-order chi connectivity index (χ0) is 27.2. The number of hydrogen-bond donors (Lipinski definition) is 6. The molecule has 0 spiro atoms. The van der Waals surface area contributed by atoms with Crippen molar-refractivity contribution in [1.29, 1.82) is 5.41 Å². The van der Waals surface area contributed by atoms with Crippen LogP contribution in [0.5, 0.6) is 5.75 Å². The van der Waals surface area contributed by atoms with E-state index in [2.05, 4.69) is 20.0 Å². The highest BCUT2D eigenvalue weighted by Gasteiger charge is 2.53. The zero-order valence-electron chi connectivity index (χ0n) is 20.4. The van der Waals surface area contributed by atoms with Gasteiger partial charge in [0.15, 0.2) is 11.7 Å². The fourth-order valence-electron chi connectivity index (χ4n) is 3.47. The van der Waals surface area contributed by atoms with Crippen molar-refractivity contribution in [2.24, 2.45) is 10.7 Å². The first-order chi connectivity index (χ1) is 17.6. The Morgan fingerprint density at radius 1 is 1.49 bits per heavy atom. The fourth-order valence-corrected chi connectivity index (χ4v) is 4.79. The molecule has 1 aliphatic rings. The number of carbonyl (C=O) groups excluding carboxylic acids is 1. The van der Waals surface area contributed by atoms with Gasteiger partial charge >= 0.3 is 14.5 Å². The summed E-state index contributed by atoms with van der Waals surface area (Å²) in [6, 6.07) is 5.82. The second-order valence-electron chi connectivity index (χ2n) is 8.26. The maximum absolute atomic E-state index is 12.1. The van der Waals surface area contributed by atoms with Crippen LogP contribution >= 0.6 is 20.1 Å². The Kier molecular flexibility index (Phi) is 9.96. The van der Waals surface area contributed by atoms with Gasteiger partial charge in [-0.3, -0.25) is 10.2 Å². The molecule has 7 N–H and O–H groups in total. The molecule has 0 radical (unpaired) electrons. The number of imidazole rings is 1. The van der Waals surface area contributed by atoms with Gasteiger partial charge in [-0.15, -0.1) is 0 Å². The minimum atomic E-state index is -1.91. The largest absolute Gasteiger partial charge is 0.465 e. The predicted octanol–water partition coefficient (Wildman–Crippen LogP) is 1.79. The Morgan fingerprint density at radius 2 is 2.19 bits per heavy atom. The van der Waals surface area contributed by atoms with Crippen LogP contribution in [0.1, 0.15) is 38.4 Å². The number of aromatic amines is 1. The Hall–Kier alpha value is -2.64. The highest BCUT2D eigenvalue weighted by molar-refractivity contribution is 7.45. The number of amidine groups is 1. The normalized spacial score (nSPS) is 25.5. The maximum Gasteiger partial charge on any atom is 0.323 e. The van der Waals surface area contributed by atoms with Crippen LogP contribution in [0.25, 0.3) is 0 Å². The second-order valence-corrected chi connectivity index (χ2v) is 9.91. The van der Waals surface area contributed by atoms with Crippen molar-refractivity contribution in [1.82, 2.24) is 15.1 Å². The van der Waals surface area contributed by atoms with Crippen LogP contribution in [0, 0.1) is 5.41 Å². The summed E-state index contributed by atoms with van der Waals surface area (Å²) in [5.74, 6) is 0.112. The number of nitrogens with one attached hydrogen (secondary N) is 3. The number of nitrogens with zero attached hydrogens (tertiary/aromatic N) is 2. The summed E-state index contributed by atoms with van der Waals surface area (Å²) in [6.07, 6.45) is -1.13. The molecular weight excluding hydrogens is 527 g/mol. The first-order valence-corrected chi connectivity index (χ1v) is 12.8. The molecule has 2 aromatic rings. The third kappa shape index (κ3) is 7.23. The molecule has 1 aromatic heterocycles. The number of aliphatic hydroxyl groups is 2.